The fourth-order valence-corrected chi connectivity index (χ4v) is 4.28. The van der Waals surface area contributed by atoms with Crippen LogP contribution in [0.4, 0.5) is 0 Å². The average molecular weight is 410 g/mol. The third-order valence-corrected chi connectivity index (χ3v) is 6.05. The quantitative estimate of drug-likeness (QED) is 0.536. The number of carbonyl (C=O) groups is 1. The number of rotatable bonds is 6. The van der Waals surface area contributed by atoms with E-state index in [0.29, 0.717) is 22.4 Å². The van der Waals surface area contributed by atoms with E-state index in [-0.39, 0.29) is 18.6 Å². The predicted octanol–water partition coefficient (Wildman–Crippen LogP) is 3.78. The van der Waals surface area contributed by atoms with Crippen molar-refractivity contribution in [2.45, 2.75) is 18.9 Å². The van der Waals surface area contributed by atoms with Gasteiger partial charge in [0.05, 0.1) is 46.8 Å². The number of allylic oxidation sites excluding steroid dienone is 1. The van der Waals surface area contributed by atoms with E-state index in [1.165, 1.54) is 5.56 Å². The number of hydrogen-bond donors (Lipinski definition) is 0. The van der Waals surface area contributed by atoms with Crippen LogP contribution in [0.2, 0.25) is 0 Å². The lowest BCUT2D eigenvalue weighted by Gasteiger charge is -2.43. The molecule has 6 heteroatoms. The van der Waals surface area contributed by atoms with Gasteiger partial charge in [0.25, 0.3) is 0 Å². The third kappa shape index (κ3) is 3.75. The molecule has 0 N–H and O–H groups in total. The van der Waals surface area contributed by atoms with Crippen LogP contribution in [0.1, 0.15) is 29.2 Å². The second-order valence-corrected chi connectivity index (χ2v) is 8.26. The molecule has 2 aliphatic heterocycles. The van der Waals surface area contributed by atoms with E-state index < -0.39 is 0 Å². The van der Waals surface area contributed by atoms with Gasteiger partial charge < -0.3 is 23.4 Å². The van der Waals surface area contributed by atoms with E-state index >= 15 is 0 Å². The maximum Gasteiger partial charge on any atom is 0.231 e. The van der Waals surface area contributed by atoms with E-state index in [1.807, 2.05) is 36.4 Å². The summed E-state index contributed by atoms with van der Waals surface area (Å²) in [5.74, 6) is 2.94. The van der Waals surface area contributed by atoms with Gasteiger partial charge in [-0.2, -0.15) is 0 Å². The minimum absolute atomic E-state index is 0.0220. The summed E-state index contributed by atoms with van der Waals surface area (Å²) >= 11 is 0. The van der Waals surface area contributed by atoms with Crippen molar-refractivity contribution in [3.63, 3.8) is 0 Å². The summed E-state index contributed by atoms with van der Waals surface area (Å²) in [4.78, 5) is 12.9. The monoisotopic (exact) mass is 410 g/mol. The van der Waals surface area contributed by atoms with E-state index in [2.05, 4.69) is 14.1 Å². The predicted molar refractivity (Wildman–Crippen MR) is 114 cm³/mol. The van der Waals surface area contributed by atoms with E-state index in [4.69, 9.17) is 18.9 Å². The fourth-order valence-electron chi connectivity index (χ4n) is 4.28. The average Bonchev–Trinajstić information content (AvgIpc) is 3.21. The van der Waals surface area contributed by atoms with Gasteiger partial charge in [0.15, 0.2) is 17.3 Å². The molecule has 6 nitrogen and oxygen atoms in total. The number of carbonyl (C=O) groups excluding carboxylic acids is 1. The highest BCUT2D eigenvalue weighted by molar-refractivity contribution is 5.94. The zero-order valence-corrected chi connectivity index (χ0v) is 17.9. The number of methoxy groups -OCH3 is 2. The summed E-state index contributed by atoms with van der Waals surface area (Å²) in [6.07, 6.45) is 4.81. The number of quaternary nitrogens is 1. The number of benzene rings is 2. The smallest absolute Gasteiger partial charge is 0.231 e. The van der Waals surface area contributed by atoms with Crippen LogP contribution in [0, 0.1) is 0 Å². The zero-order valence-electron chi connectivity index (χ0n) is 17.9. The van der Waals surface area contributed by atoms with Crippen molar-refractivity contribution < 1.29 is 28.2 Å². The van der Waals surface area contributed by atoms with Crippen molar-refractivity contribution in [3.05, 3.63) is 53.1 Å². The molecular formula is C24H28NO5+. The van der Waals surface area contributed by atoms with Gasteiger partial charge in [0.1, 0.15) is 11.8 Å². The molecule has 0 bridgehead atoms. The minimum atomic E-state index is -0.0220. The van der Waals surface area contributed by atoms with Crippen molar-refractivity contribution in [2.75, 3.05) is 41.7 Å². The first-order valence-electron chi connectivity index (χ1n) is 10.1. The van der Waals surface area contributed by atoms with Gasteiger partial charge in [-0.15, -0.1) is 0 Å². The molecule has 0 spiro atoms. The summed E-state index contributed by atoms with van der Waals surface area (Å²) in [5.41, 5.74) is 3.19. The molecule has 1 unspecified atom stereocenters. The first-order chi connectivity index (χ1) is 14.4. The number of ether oxygens (including phenoxy) is 4. The van der Waals surface area contributed by atoms with Crippen molar-refractivity contribution >= 4 is 11.9 Å². The molecule has 30 heavy (non-hydrogen) atoms. The molecule has 2 aliphatic rings. The van der Waals surface area contributed by atoms with Crippen molar-refractivity contribution in [3.8, 4) is 23.0 Å². The summed E-state index contributed by atoms with van der Waals surface area (Å²) in [6.45, 7) is 1.14. The molecule has 0 saturated heterocycles. The Morgan fingerprint density at radius 1 is 1.17 bits per heavy atom. The lowest BCUT2D eigenvalue weighted by Crippen LogP contribution is -2.48. The molecule has 0 fully saturated rings. The molecule has 2 aromatic rings. The Morgan fingerprint density at radius 2 is 1.93 bits per heavy atom. The first-order valence-corrected chi connectivity index (χ1v) is 10.1. The minimum Gasteiger partial charge on any atom is -0.497 e. The Labute approximate surface area is 177 Å². The Kier molecular flexibility index (Phi) is 5.43. The second-order valence-electron chi connectivity index (χ2n) is 8.26. The van der Waals surface area contributed by atoms with Crippen molar-refractivity contribution in [2.24, 2.45) is 0 Å². The zero-order chi connectivity index (χ0) is 21.3. The van der Waals surface area contributed by atoms with Crippen LogP contribution in [-0.4, -0.2) is 51.9 Å². The molecule has 0 aliphatic carbocycles. The van der Waals surface area contributed by atoms with Crippen LogP contribution >= 0.6 is 0 Å². The van der Waals surface area contributed by atoms with E-state index in [1.54, 1.807) is 20.3 Å². The van der Waals surface area contributed by atoms with Crippen molar-refractivity contribution in [1.82, 2.24) is 0 Å². The van der Waals surface area contributed by atoms with Crippen molar-refractivity contribution in [1.29, 1.82) is 0 Å². The summed E-state index contributed by atoms with van der Waals surface area (Å²) < 4.78 is 22.9. The Morgan fingerprint density at radius 3 is 2.63 bits per heavy atom. The molecule has 2 heterocycles. The maximum absolute atomic E-state index is 12.9. The number of fused-ring (bicyclic) bond motifs is 2. The van der Waals surface area contributed by atoms with Gasteiger partial charge in [-0.05, 0) is 35.4 Å². The highest BCUT2D eigenvalue weighted by Crippen LogP contribution is 2.51. The summed E-state index contributed by atoms with van der Waals surface area (Å²) in [6, 6.07) is 9.66. The number of nitrogens with zero attached hydrogens (tertiary/aromatic N) is 1. The lowest BCUT2D eigenvalue weighted by molar-refractivity contribution is -0.922. The van der Waals surface area contributed by atoms with Crippen LogP contribution in [0.3, 0.4) is 0 Å². The largest absolute Gasteiger partial charge is 0.497 e. The molecule has 0 amide bonds. The molecular weight excluding hydrogens is 382 g/mol. The first kappa shape index (κ1) is 20.3. The molecule has 158 valence electrons. The molecule has 1 atom stereocenters. The highest BCUT2D eigenvalue weighted by atomic mass is 16.7. The molecule has 0 radical (unpaired) electrons. The van der Waals surface area contributed by atoms with Crippen LogP contribution in [-0.2, 0) is 11.2 Å². The van der Waals surface area contributed by atoms with E-state index in [0.717, 1.165) is 35.6 Å². The summed E-state index contributed by atoms with van der Waals surface area (Å²) in [7, 11) is 7.61. The van der Waals surface area contributed by atoms with Gasteiger partial charge in [0, 0.05) is 6.42 Å². The molecule has 2 aromatic carbocycles. The number of hydrogen-bond acceptors (Lipinski definition) is 5. The fraction of sp³-hybridized carbons (Fsp3) is 0.375. The number of likely N-dealkylation sites (N-methyl/N-ethyl adjacent to an activating group) is 1. The Hall–Kier alpha value is -2.99. The van der Waals surface area contributed by atoms with Crippen LogP contribution in [0.25, 0.3) is 6.08 Å². The molecule has 0 aromatic heterocycles. The van der Waals surface area contributed by atoms with Crippen LogP contribution in [0.5, 0.6) is 23.0 Å². The van der Waals surface area contributed by atoms with Gasteiger partial charge in [-0.3, -0.25) is 4.79 Å². The summed E-state index contributed by atoms with van der Waals surface area (Å²) in [5, 5.41) is 0. The SMILES string of the molecule is COc1ccc(/C=C/C(=O)CC2c3c(cc4c(c3OC)OCO4)CC[N+]2(C)C)cc1. The lowest BCUT2D eigenvalue weighted by atomic mass is 9.86. The molecule has 4 rings (SSSR count). The highest BCUT2D eigenvalue weighted by Gasteiger charge is 2.41. The van der Waals surface area contributed by atoms with Crippen LogP contribution in [0.15, 0.2) is 36.4 Å². The second kappa shape index (κ2) is 8.03. The van der Waals surface area contributed by atoms with Gasteiger partial charge >= 0.3 is 0 Å². The van der Waals surface area contributed by atoms with E-state index in [9.17, 15) is 4.79 Å². The Bertz CT molecular complexity index is 978. The van der Waals surface area contributed by atoms with Gasteiger partial charge in [-0.1, -0.05) is 18.2 Å². The van der Waals surface area contributed by atoms with Gasteiger partial charge in [0.2, 0.25) is 12.5 Å². The van der Waals surface area contributed by atoms with Gasteiger partial charge in [-0.25, -0.2) is 0 Å². The molecule has 0 saturated carbocycles. The van der Waals surface area contributed by atoms with Crippen LogP contribution < -0.4 is 18.9 Å². The third-order valence-electron chi connectivity index (χ3n) is 6.05. The Balaban J connectivity index is 1.62. The maximum atomic E-state index is 12.9. The normalized spacial score (nSPS) is 18.9. The topological polar surface area (TPSA) is 54.0 Å². The standard InChI is InChI=1S/C24H28NO5/c1-25(2)12-11-17-13-21-23(30-15-29-21)24(28-4)22(17)20(25)14-18(26)8-5-16-6-9-19(27-3)10-7-16/h5-10,13,20H,11-12,14-15H2,1-4H3/q+1/b8-5+. The number of ketones is 1.